The third-order valence-electron chi connectivity index (χ3n) is 4.92. The number of aromatic nitrogens is 1. The number of amides is 1. The van der Waals surface area contributed by atoms with E-state index in [1.807, 2.05) is 43.5 Å². The van der Waals surface area contributed by atoms with Crippen molar-refractivity contribution in [1.82, 2.24) is 9.88 Å². The number of carboxylic acids is 1. The van der Waals surface area contributed by atoms with Crippen molar-refractivity contribution in [3.05, 3.63) is 35.3 Å². The number of benzene rings is 1. The highest BCUT2D eigenvalue weighted by molar-refractivity contribution is 7.13. The van der Waals surface area contributed by atoms with E-state index in [0.717, 1.165) is 28.4 Å². The SMILES string of the molecule is CCOc1ccc(-c2nc(CC(=O)N3CCC[C@H](C(=O)O)[C@@H]3C)cs2)cc1. The molecule has 0 aliphatic carbocycles. The molecule has 3 rings (SSSR count). The fourth-order valence-electron chi connectivity index (χ4n) is 3.46. The summed E-state index contributed by atoms with van der Waals surface area (Å²) in [4.78, 5) is 30.3. The summed E-state index contributed by atoms with van der Waals surface area (Å²) in [6, 6.07) is 7.45. The van der Waals surface area contributed by atoms with E-state index in [9.17, 15) is 14.7 Å². The van der Waals surface area contributed by atoms with Gasteiger partial charge in [-0.2, -0.15) is 0 Å². The van der Waals surface area contributed by atoms with Crippen molar-refractivity contribution in [2.75, 3.05) is 13.2 Å². The van der Waals surface area contributed by atoms with Crippen molar-refractivity contribution in [3.63, 3.8) is 0 Å². The van der Waals surface area contributed by atoms with Gasteiger partial charge in [-0.15, -0.1) is 11.3 Å². The minimum absolute atomic E-state index is 0.0583. The number of thiazole rings is 1. The molecule has 0 unspecified atom stereocenters. The standard InChI is InChI=1S/C20H24N2O4S/c1-3-26-16-8-6-14(7-9-16)19-21-15(12-27-19)11-18(23)22-10-4-5-17(13(22)2)20(24)25/h6-9,12-13,17H,3-5,10-11H2,1-2H3,(H,24,25)/t13-,17-/m0/s1. The number of nitrogens with zero attached hydrogens (tertiary/aromatic N) is 2. The lowest BCUT2D eigenvalue weighted by atomic mass is 9.90. The lowest BCUT2D eigenvalue weighted by Gasteiger charge is -2.37. The second-order valence-corrected chi connectivity index (χ2v) is 7.55. The largest absolute Gasteiger partial charge is 0.494 e. The molecule has 0 bridgehead atoms. The fraction of sp³-hybridized carbons (Fsp3) is 0.450. The minimum atomic E-state index is -0.827. The van der Waals surface area contributed by atoms with Crippen LogP contribution >= 0.6 is 11.3 Å². The summed E-state index contributed by atoms with van der Waals surface area (Å²) < 4.78 is 5.45. The summed E-state index contributed by atoms with van der Waals surface area (Å²) >= 11 is 1.50. The van der Waals surface area contributed by atoms with Gasteiger partial charge in [-0.1, -0.05) is 0 Å². The van der Waals surface area contributed by atoms with E-state index in [1.54, 1.807) is 4.90 Å². The third kappa shape index (κ3) is 4.47. The molecule has 1 saturated heterocycles. The highest BCUT2D eigenvalue weighted by Gasteiger charge is 2.35. The quantitative estimate of drug-likeness (QED) is 0.820. The first-order valence-corrected chi connectivity index (χ1v) is 10.1. The maximum Gasteiger partial charge on any atom is 0.308 e. The molecule has 1 aliphatic rings. The Balaban J connectivity index is 1.66. The molecule has 7 heteroatoms. The maximum atomic E-state index is 12.7. The minimum Gasteiger partial charge on any atom is -0.494 e. The van der Waals surface area contributed by atoms with Gasteiger partial charge in [-0.3, -0.25) is 9.59 Å². The number of rotatable bonds is 6. The van der Waals surface area contributed by atoms with Crippen LogP contribution in [0.2, 0.25) is 0 Å². The average Bonchev–Trinajstić information content (AvgIpc) is 3.11. The van der Waals surface area contributed by atoms with Crippen molar-refractivity contribution in [3.8, 4) is 16.3 Å². The first kappa shape index (κ1) is 19.4. The topological polar surface area (TPSA) is 79.7 Å². The monoisotopic (exact) mass is 388 g/mol. The van der Waals surface area contributed by atoms with Crippen LogP contribution < -0.4 is 4.74 Å². The van der Waals surface area contributed by atoms with Crippen LogP contribution in [0.5, 0.6) is 5.75 Å². The van der Waals surface area contributed by atoms with Crippen LogP contribution in [0.4, 0.5) is 0 Å². The molecule has 2 aromatic rings. The predicted molar refractivity (Wildman–Crippen MR) is 104 cm³/mol. The van der Waals surface area contributed by atoms with E-state index in [0.29, 0.717) is 19.6 Å². The molecule has 2 atom stereocenters. The summed E-state index contributed by atoms with van der Waals surface area (Å²) in [5.74, 6) is -0.554. The maximum absolute atomic E-state index is 12.7. The van der Waals surface area contributed by atoms with Gasteiger partial charge in [0.25, 0.3) is 0 Å². The smallest absolute Gasteiger partial charge is 0.308 e. The second-order valence-electron chi connectivity index (χ2n) is 6.69. The molecule has 0 radical (unpaired) electrons. The zero-order valence-corrected chi connectivity index (χ0v) is 16.4. The van der Waals surface area contributed by atoms with Crippen molar-refractivity contribution in [2.45, 2.75) is 39.2 Å². The van der Waals surface area contributed by atoms with E-state index in [4.69, 9.17) is 4.74 Å². The van der Waals surface area contributed by atoms with Gasteiger partial charge in [-0.05, 0) is 51.0 Å². The summed E-state index contributed by atoms with van der Waals surface area (Å²) in [6.07, 6.45) is 1.55. The van der Waals surface area contributed by atoms with E-state index >= 15 is 0 Å². The third-order valence-corrected chi connectivity index (χ3v) is 5.86. The Morgan fingerprint density at radius 3 is 2.74 bits per heavy atom. The summed E-state index contributed by atoms with van der Waals surface area (Å²) in [5.41, 5.74) is 1.71. The molecule has 0 spiro atoms. The average molecular weight is 388 g/mol. The molecule has 1 amide bonds. The van der Waals surface area contributed by atoms with Crippen LogP contribution in [0, 0.1) is 5.92 Å². The Labute approximate surface area is 162 Å². The van der Waals surface area contributed by atoms with Gasteiger partial charge in [0.2, 0.25) is 5.91 Å². The first-order valence-electron chi connectivity index (χ1n) is 9.19. The van der Waals surface area contributed by atoms with E-state index in [-0.39, 0.29) is 18.4 Å². The molecular formula is C20H24N2O4S. The van der Waals surface area contributed by atoms with Crippen molar-refractivity contribution in [1.29, 1.82) is 0 Å². The van der Waals surface area contributed by atoms with E-state index in [1.165, 1.54) is 11.3 Å². The fourth-order valence-corrected chi connectivity index (χ4v) is 4.29. The highest BCUT2D eigenvalue weighted by Crippen LogP contribution is 2.27. The second kappa shape index (κ2) is 8.52. The molecule has 0 saturated carbocycles. The van der Waals surface area contributed by atoms with Crippen LogP contribution in [0.25, 0.3) is 10.6 Å². The van der Waals surface area contributed by atoms with E-state index < -0.39 is 11.9 Å². The molecule has 6 nitrogen and oxygen atoms in total. The molecule has 2 heterocycles. The zero-order chi connectivity index (χ0) is 19.4. The van der Waals surface area contributed by atoms with Crippen molar-refractivity contribution >= 4 is 23.2 Å². The van der Waals surface area contributed by atoms with Crippen LogP contribution in [-0.4, -0.2) is 46.1 Å². The molecule has 27 heavy (non-hydrogen) atoms. The predicted octanol–water partition coefficient (Wildman–Crippen LogP) is 3.46. The lowest BCUT2D eigenvalue weighted by Crippen LogP contribution is -2.49. The highest BCUT2D eigenvalue weighted by atomic mass is 32.1. The Morgan fingerprint density at radius 1 is 1.33 bits per heavy atom. The summed E-state index contributed by atoms with van der Waals surface area (Å²) in [5, 5.41) is 12.1. The normalized spacial score (nSPS) is 19.7. The summed E-state index contributed by atoms with van der Waals surface area (Å²) in [7, 11) is 0. The molecule has 1 fully saturated rings. The van der Waals surface area contributed by atoms with Gasteiger partial charge in [0.05, 0.1) is 24.6 Å². The number of hydrogen-bond donors (Lipinski definition) is 1. The van der Waals surface area contributed by atoms with Gasteiger partial charge in [0, 0.05) is 23.5 Å². The number of ether oxygens (including phenoxy) is 1. The van der Waals surface area contributed by atoms with Crippen molar-refractivity contribution < 1.29 is 19.4 Å². The Morgan fingerprint density at radius 2 is 2.07 bits per heavy atom. The Hall–Kier alpha value is -2.41. The van der Waals surface area contributed by atoms with Crippen LogP contribution in [0.3, 0.4) is 0 Å². The number of carbonyl (C=O) groups excluding carboxylic acids is 1. The molecule has 1 aromatic carbocycles. The number of piperidine rings is 1. The molecule has 1 aromatic heterocycles. The Bertz CT molecular complexity index is 803. The van der Waals surface area contributed by atoms with Gasteiger partial charge in [-0.25, -0.2) is 4.98 Å². The van der Waals surface area contributed by atoms with Gasteiger partial charge < -0.3 is 14.7 Å². The van der Waals surface area contributed by atoms with Gasteiger partial charge >= 0.3 is 5.97 Å². The molecule has 1 aliphatic heterocycles. The number of hydrogen-bond acceptors (Lipinski definition) is 5. The number of carbonyl (C=O) groups is 2. The van der Waals surface area contributed by atoms with Crippen LogP contribution in [0.15, 0.2) is 29.6 Å². The number of likely N-dealkylation sites (tertiary alicyclic amines) is 1. The van der Waals surface area contributed by atoms with Gasteiger partial charge in [0.1, 0.15) is 10.8 Å². The van der Waals surface area contributed by atoms with Gasteiger partial charge in [0.15, 0.2) is 0 Å². The first-order chi connectivity index (χ1) is 13.0. The number of aliphatic carboxylic acids is 1. The molecule has 144 valence electrons. The molecular weight excluding hydrogens is 364 g/mol. The summed E-state index contributed by atoms with van der Waals surface area (Å²) in [6.45, 7) is 5.00. The number of carboxylic acid groups (broad SMARTS) is 1. The lowest BCUT2D eigenvalue weighted by molar-refractivity contribution is -0.148. The van der Waals surface area contributed by atoms with E-state index in [2.05, 4.69) is 4.98 Å². The zero-order valence-electron chi connectivity index (χ0n) is 15.6. The Kier molecular flexibility index (Phi) is 6.11. The van der Waals surface area contributed by atoms with Crippen LogP contribution in [-0.2, 0) is 16.0 Å². The van der Waals surface area contributed by atoms with Crippen LogP contribution in [0.1, 0.15) is 32.4 Å². The molecule has 1 N–H and O–H groups in total. The van der Waals surface area contributed by atoms with Crippen molar-refractivity contribution in [2.24, 2.45) is 5.92 Å².